The maximum Gasteiger partial charge on any atom is 0.339 e. The van der Waals surface area contributed by atoms with E-state index in [4.69, 9.17) is 9.47 Å². The smallest absolute Gasteiger partial charge is 0.339 e. The van der Waals surface area contributed by atoms with Gasteiger partial charge in [-0.15, -0.1) is 0 Å². The van der Waals surface area contributed by atoms with Gasteiger partial charge < -0.3 is 14.5 Å². The summed E-state index contributed by atoms with van der Waals surface area (Å²) in [5.74, 6) is -0.515. The minimum Gasteiger partial charge on any atom is -0.467 e. The van der Waals surface area contributed by atoms with Crippen LogP contribution in [0.3, 0.4) is 0 Å². The van der Waals surface area contributed by atoms with E-state index in [0.29, 0.717) is 16.6 Å². The molecule has 1 heterocycles. The van der Waals surface area contributed by atoms with Crippen molar-refractivity contribution in [1.82, 2.24) is 9.55 Å². The molecule has 0 aliphatic rings. The molecule has 0 amide bonds. The van der Waals surface area contributed by atoms with Gasteiger partial charge in [-0.05, 0) is 99.9 Å². The molecule has 4 rings (SSSR count). The van der Waals surface area contributed by atoms with E-state index in [9.17, 15) is 9.59 Å². The standard InChI is InChI=1S/C32H38N2O4/c1-17-11-13-22(15-19(17)3)24-21(5)25(23-14-12-18(2)20(4)16-23)27-28(34(9)31(36)33-27)26(24)29(30(35)37-10)38-32(6,7)8/h11-16,29H,1-10H3,(H,33,36). The van der Waals surface area contributed by atoms with Crippen molar-refractivity contribution in [1.29, 1.82) is 0 Å². The molecule has 0 fully saturated rings. The number of nitrogens with one attached hydrogen (secondary N) is 1. The number of benzene rings is 3. The lowest BCUT2D eigenvalue weighted by Gasteiger charge is -2.30. The molecule has 1 N–H and O–H groups in total. The first-order valence-corrected chi connectivity index (χ1v) is 12.9. The topological polar surface area (TPSA) is 73.3 Å². The largest absolute Gasteiger partial charge is 0.467 e. The van der Waals surface area contributed by atoms with Gasteiger partial charge in [0.1, 0.15) is 0 Å². The lowest BCUT2D eigenvalue weighted by atomic mass is 9.84. The molecule has 0 aliphatic carbocycles. The van der Waals surface area contributed by atoms with Crippen LogP contribution < -0.4 is 5.69 Å². The molecular weight excluding hydrogens is 476 g/mol. The van der Waals surface area contributed by atoms with Gasteiger partial charge in [-0.1, -0.05) is 36.4 Å². The normalized spacial score (nSPS) is 12.7. The van der Waals surface area contributed by atoms with Crippen molar-refractivity contribution in [3.05, 3.63) is 80.3 Å². The highest BCUT2D eigenvalue weighted by atomic mass is 16.6. The van der Waals surface area contributed by atoms with Gasteiger partial charge in [0.25, 0.3) is 0 Å². The maximum absolute atomic E-state index is 13.4. The Bertz CT molecular complexity index is 1620. The summed E-state index contributed by atoms with van der Waals surface area (Å²) in [6, 6.07) is 12.6. The minimum absolute atomic E-state index is 0.262. The summed E-state index contributed by atoms with van der Waals surface area (Å²) in [6.07, 6.45) is -1.05. The van der Waals surface area contributed by atoms with Crippen molar-refractivity contribution in [3.63, 3.8) is 0 Å². The van der Waals surface area contributed by atoms with E-state index >= 15 is 0 Å². The fourth-order valence-corrected chi connectivity index (χ4v) is 5.12. The molecule has 1 atom stereocenters. The van der Waals surface area contributed by atoms with Crippen molar-refractivity contribution >= 4 is 17.0 Å². The van der Waals surface area contributed by atoms with E-state index < -0.39 is 17.7 Å². The second kappa shape index (κ2) is 9.91. The lowest BCUT2D eigenvalue weighted by Crippen LogP contribution is -2.29. The molecule has 6 heteroatoms. The quantitative estimate of drug-likeness (QED) is 0.298. The SMILES string of the molecule is COC(=O)C(OC(C)(C)C)c1c(-c2ccc(C)c(C)c2)c(C)c(-c2ccc(C)c(C)c2)c2[nH]c(=O)n(C)c12. The molecule has 6 nitrogen and oxygen atoms in total. The number of nitrogens with zero attached hydrogens (tertiary/aromatic N) is 1. The van der Waals surface area contributed by atoms with Gasteiger partial charge in [0.15, 0.2) is 6.10 Å². The lowest BCUT2D eigenvalue weighted by molar-refractivity contribution is -0.164. The van der Waals surface area contributed by atoms with Crippen LogP contribution in [0.15, 0.2) is 41.2 Å². The third-order valence-electron chi connectivity index (χ3n) is 7.37. The van der Waals surface area contributed by atoms with Crippen LogP contribution in [0, 0.1) is 34.6 Å². The van der Waals surface area contributed by atoms with Gasteiger partial charge in [0.05, 0.1) is 23.7 Å². The van der Waals surface area contributed by atoms with Crippen molar-refractivity contribution in [3.8, 4) is 22.3 Å². The van der Waals surface area contributed by atoms with E-state index in [1.807, 2.05) is 20.8 Å². The van der Waals surface area contributed by atoms with Crippen molar-refractivity contribution < 1.29 is 14.3 Å². The Balaban J connectivity index is 2.27. The fraction of sp³-hybridized carbons (Fsp3) is 0.375. The molecular formula is C32H38N2O4. The first kappa shape index (κ1) is 27.4. The van der Waals surface area contributed by atoms with Crippen LogP contribution in [-0.2, 0) is 21.3 Å². The molecule has 0 saturated heterocycles. The van der Waals surface area contributed by atoms with Crippen LogP contribution in [0.1, 0.15) is 60.3 Å². The Kier molecular flexibility index (Phi) is 7.15. The number of H-pyrrole nitrogens is 1. The number of imidazole rings is 1. The van der Waals surface area contributed by atoms with Crippen LogP contribution in [-0.4, -0.2) is 28.2 Å². The van der Waals surface area contributed by atoms with Gasteiger partial charge >= 0.3 is 11.7 Å². The first-order valence-electron chi connectivity index (χ1n) is 12.9. The maximum atomic E-state index is 13.4. The Morgan fingerprint density at radius 3 is 1.87 bits per heavy atom. The number of carbonyl (C=O) groups is 1. The van der Waals surface area contributed by atoms with Gasteiger partial charge in [0, 0.05) is 18.2 Å². The molecule has 0 radical (unpaired) electrons. The van der Waals surface area contributed by atoms with E-state index in [0.717, 1.165) is 38.9 Å². The number of rotatable bonds is 5. The van der Waals surface area contributed by atoms with Crippen molar-refractivity contribution in [2.75, 3.05) is 7.11 Å². The number of esters is 1. The zero-order valence-electron chi connectivity index (χ0n) is 24.1. The van der Waals surface area contributed by atoms with E-state index in [-0.39, 0.29) is 5.69 Å². The zero-order valence-corrected chi connectivity index (χ0v) is 24.1. The number of ether oxygens (including phenoxy) is 2. The number of hydrogen-bond acceptors (Lipinski definition) is 4. The van der Waals surface area contributed by atoms with Crippen molar-refractivity contribution in [2.45, 2.75) is 67.1 Å². The fourth-order valence-electron chi connectivity index (χ4n) is 5.12. The summed E-state index contributed by atoms with van der Waals surface area (Å²) in [5.41, 5.74) is 10.4. The van der Waals surface area contributed by atoms with Crippen LogP contribution in [0.25, 0.3) is 33.3 Å². The number of aromatic amines is 1. The molecule has 4 aromatic rings. The highest BCUT2D eigenvalue weighted by Crippen LogP contribution is 2.45. The zero-order chi connectivity index (χ0) is 28.1. The predicted molar refractivity (Wildman–Crippen MR) is 154 cm³/mol. The predicted octanol–water partition coefficient (Wildman–Crippen LogP) is 6.77. The van der Waals surface area contributed by atoms with E-state index in [2.05, 4.69) is 76.0 Å². The van der Waals surface area contributed by atoms with E-state index in [1.54, 1.807) is 11.6 Å². The summed E-state index contributed by atoms with van der Waals surface area (Å²) < 4.78 is 13.2. The average molecular weight is 515 g/mol. The number of fused-ring (bicyclic) bond motifs is 1. The third-order valence-corrected chi connectivity index (χ3v) is 7.37. The number of hydrogen-bond donors (Lipinski definition) is 1. The monoisotopic (exact) mass is 514 g/mol. The Hall–Kier alpha value is -3.64. The van der Waals surface area contributed by atoms with Gasteiger partial charge in [-0.3, -0.25) is 4.57 Å². The molecule has 1 aromatic heterocycles. The molecule has 0 spiro atoms. The van der Waals surface area contributed by atoms with Gasteiger partial charge in [-0.25, -0.2) is 9.59 Å². The number of methoxy groups -OCH3 is 1. The van der Waals surface area contributed by atoms with Gasteiger partial charge in [0.2, 0.25) is 0 Å². The van der Waals surface area contributed by atoms with Crippen molar-refractivity contribution in [2.24, 2.45) is 7.05 Å². The van der Waals surface area contributed by atoms with Crippen LogP contribution in [0.5, 0.6) is 0 Å². The highest BCUT2D eigenvalue weighted by molar-refractivity contribution is 6.04. The molecule has 38 heavy (non-hydrogen) atoms. The number of carbonyl (C=O) groups excluding carboxylic acids is 1. The second-order valence-corrected chi connectivity index (χ2v) is 11.2. The Labute approximate surface area is 224 Å². The Morgan fingerprint density at radius 1 is 0.868 bits per heavy atom. The molecule has 3 aromatic carbocycles. The third kappa shape index (κ3) is 4.81. The average Bonchev–Trinajstić information content (AvgIpc) is 3.13. The summed E-state index contributed by atoms with van der Waals surface area (Å²) in [5, 5.41) is 0. The summed E-state index contributed by atoms with van der Waals surface area (Å²) in [7, 11) is 3.08. The molecule has 200 valence electrons. The van der Waals surface area contributed by atoms with Crippen LogP contribution >= 0.6 is 0 Å². The van der Waals surface area contributed by atoms with Gasteiger partial charge in [-0.2, -0.15) is 0 Å². The molecule has 0 saturated carbocycles. The molecule has 0 bridgehead atoms. The van der Waals surface area contributed by atoms with Crippen LogP contribution in [0.2, 0.25) is 0 Å². The first-order chi connectivity index (χ1) is 17.7. The summed E-state index contributed by atoms with van der Waals surface area (Å²) in [6.45, 7) is 16.1. The minimum atomic E-state index is -1.05. The Morgan fingerprint density at radius 2 is 1.39 bits per heavy atom. The summed E-state index contributed by atoms with van der Waals surface area (Å²) in [4.78, 5) is 29.6. The summed E-state index contributed by atoms with van der Waals surface area (Å²) >= 11 is 0. The molecule has 0 aliphatic heterocycles. The van der Waals surface area contributed by atoms with Crippen LogP contribution in [0.4, 0.5) is 0 Å². The molecule has 1 unspecified atom stereocenters. The number of aryl methyl sites for hydroxylation is 5. The number of aromatic nitrogens is 2. The second-order valence-electron chi connectivity index (χ2n) is 11.2. The highest BCUT2D eigenvalue weighted by Gasteiger charge is 2.35. The van der Waals surface area contributed by atoms with E-state index in [1.165, 1.54) is 18.2 Å².